The van der Waals surface area contributed by atoms with Gasteiger partial charge < -0.3 is 30.0 Å². The molecular weight excluding hydrogens is 462 g/mol. The zero-order chi connectivity index (χ0) is 24.1. The van der Waals surface area contributed by atoms with Crippen molar-refractivity contribution in [2.24, 2.45) is 0 Å². The maximum atomic E-state index is 13.3. The lowest BCUT2D eigenvalue weighted by Crippen LogP contribution is -2.45. The van der Waals surface area contributed by atoms with Crippen LogP contribution in [0.15, 0.2) is 34.4 Å². The van der Waals surface area contributed by atoms with Crippen LogP contribution in [0.2, 0.25) is 0 Å². The number of anilines is 2. The lowest BCUT2D eigenvalue weighted by molar-refractivity contribution is -0.00521. The second-order valence-electron chi connectivity index (χ2n) is 9.92. The van der Waals surface area contributed by atoms with Gasteiger partial charge in [0.05, 0.1) is 41.1 Å². The van der Waals surface area contributed by atoms with Crippen LogP contribution in [0.1, 0.15) is 39.5 Å². The van der Waals surface area contributed by atoms with E-state index in [0.717, 1.165) is 71.4 Å². The fourth-order valence-electron chi connectivity index (χ4n) is 5.56. The van der Waals surface area contributed by atoms with E-state index in [-0.39, 0.29) is 23.8 Å². The molecule has 6 rings (SSSR count). The van der Waals surface area contributed by atoms with E-state index in [9.17, 15) is 9.90 Å². The largest absolute Gasteiger partial charge is 0.391 e. The fourth-order valence-corrected chi connectivity index (χ4v) is 6.35. The number of morpholine rings is 1. The van der Waals surface area contributed by atoms with E-state index in [4.69, 9.17) is 9.72 Å². The molecule has 4 N–H and O–H groups in total. The topological polar surface area (TPSA) is 106 Å². The summed E-state index contributed by atoms with van der Waals surface area (Å²) in [5.74, 6) is 0.531. The maximum Gasteiger partial charge on any atom is 0.262 e. The van der Waals surface area contributed by atoms with Crippen molar-refractivity contribution in [1.82, 2.24) is 15.0 Å². The second-order valence-corrected chi connectivity index (χ2v) is 10.8. The van der Waals surface area contributed by atoms with Gasteiger partial charge in [-0.3, -0.25) is 4.79 Å². The molecule has 1 saturated carbocycles. The molecule has 35 heavy (non-hydrogen) atoms. The van der Waals surface area contributed by atoms with E-state index >= 15 is 0 Å². The van der Waals surface area contributed by atoms with E-state index in [1.165, 1.54) is 11.3 Å². The Bertz CT molecular complexity index is 1420. The number of hydrogen-bond acceptors (Lipinski definition) is 7. The minimum atomic E-state index is -0.430. The number of hydrogen-bond donors (Lipinski definition) is 4. The molecule has 3 aromatic heterocycles. The number of nitrogens with zero attached hydrogens (tertiary/aromatic N) is 2. The van der Waals surface area contributed by atoms with Crippen molar-refractivity contribution in [2.45, 2.75) is 63.9 Å². The number of aliphatic hydroxyl groups is 1. The molecule has 4 atom stereocenters. The molecule has 2 fully saturated rings. The highest BCUT2D eigenvalue weighted by Crippen LogP contribution is 2.35. The second kappa shape index (κ2) is 8.96. The quantitative estimate of drug-likeness (QED) is 0.334. The van der Waals surface area contributed by atoms with Gasteiger partial charge in [-0.1, -0.05) is 12.8 Å². The highest BCUT2D eigenvalue weighted by molar-refractivity contribution is 7.16. The van der Waals surface area contributed by atoms with Crippen molar-refractivity contribution in [3.05, 3.63) is 40.0 Å². The first-order valence-corrected chi connectivity index (χ1v) is 13.3. The summed E-state index contributed by atoms with van der Waals surface area (Å²) < 4.78 is 5.89. The predicted octanol–water partition coefficient (Wildman–Crippen LogP) is 4.46. The van der Waals surface area contributed by atoms with E-state index in [0.29, 0.717) is 11.4 Å². The summed E-state index contributed by atoms with van der Waals surface area (Å²) in [6.07, 6.45) is 3.65. The molecule has 4 heterocycles. The summed E-state index contributed by atoms with van der Waals surface area (Å²) >= 11 is 1.50. The molecule has 1 aliphatic carbocycles. The van der Waals surface area contributed by atoms with Crippen LogP contribution >= 0.6 is 11.3 Å². The van der Waals surface area contributed by atoms with Gasteiger partial charge in [0.2, 0.25) is 0 Å². The summed E-state index contributed by atoms with van der Waals surface area (Å²) in [6, 6.07) is 8.12. The van der Waals surface area contributed by atoms with E-state index in [2.05, 4.69) is 46.2 Å². The third-order valence-electron chi connectivity index (χ3n) is 7.18. The number of fused-ring (bicyclic) bond motifs is 2. The molecule has 2 aliphatic rings. The molecule has 184 valence electrons. The Hall–Kier alpha value is -2.88. The first-order chi connectivity index (χ1) is 17.0. The number of rotatable bonds is 4. The van der Waals surface area contributed by atoms with E-state index in [1.807, 2.05) is 17.5 Å². The number of aromatic nitrogens is 3. The number of nitrogens with one attached hydrogen (secondary N) is 3. The van der Waals surface area contributed by atoms with Gasteiger partial charge in [-0.25, -0.2) is 4.98 Å². The van der Waals surface area contributed by atoms with Crippen LogP contribution in [0.3, 0.4) is 0 Å². The Labute approximate surface area is 207 Å². The highest BCUT2D eigenvalue weighted by Gasteiger charge is 2.27. The molecule has 0 spiro atoms. The third-order valence-corrected chi connectivity index (χ3v) is 8.01. The standard InChI is InChI=1S/C26H31N5O3S/c1-14-12-31(13-15(2)34-14)16-7-8-18-20(11-16)29-24(28-18)22-23(27-19-5-3-4-6-21(19)32)17-9-10-35-26(17)30-25(22)33/h7-11,14-15,19,21,32H,3-6,12-13H2,1-2H3,(H,28,29)(H2,27,30,33). The number of thiophene rings is 1. The van der Waals surface area contributed by atoms with Gasteiger partial charge in [0.15, 0.2) is 0 Å². The Balaban J connectivity index is 1.42. The number of aromatic amines is 2. The minimum absolute atomic E-state index is 0.0892. The van der Waals surface area contributed by atoms with E-state index in [1.54, 1.807) is 0 Å². The summed E-state index contributed by atoms with van der Waals surface area (Å²) in [5.41, 5.74) is 3.85. The smallest absolute Gasteiger partial charge is 0.262 e. The zero-order valence-electron chi connectivity index (χ0n) is 20.0. The van der Waals surface area contributed by atoms with Crippen LogP contribution < -0.4 is 15.8 Å². The van der Waals surface area contributed by atoms with Gasteiger partial charge >= 0.3 is 0 Å². The van der Waals surface area contributed by atoms with Crippen LogP contribution in [-0.2, 0) is 4.74 Å². The molecule has 1 aliphatic heterocycles. The van der Waals surface area contributed by atoms with Gasteiger partial charge in [0, 0.05) is 24.2 Å². The summed E-state index contributed by atoms with van der Waals surface area (Å²) in [5, 5.41) is 17.1. The Kier molecular flexibility index (Phi) is 5.78. The monoisotopic (exact) mass is 493 g/mol. The number of aliphatic hydroxyl groups excluding tert-OH is 1. The first kappa shape index (κ1) is 22.6. The minimum Gasteiger partial charge on any atom is -0.391 e. The van der Waals surface area contributed by atoms with E-state index < -0.39 is 6.10 Å². The van der Waals surface area contributed by atoms with Crippen molar-refractivity contribution in [3.63, 3.8) is 0 Å². The van der Waals surface area contributed by atoms with Crippen molar-refractivity contribution in [3.8, 4) is 11.4 Å². The Morgan fingerprint density at radius 1 is 1.14 bits per heavy atom. The SMILES string of the molecule is CC1CN(c2ccc3nc(-c4c(NC5CCCCC5O)c5ccsc5[nH]c4=O)[nH]c3c2)CC(C)O1. The van der Waals surface area contributed by atoms with Gasteiger partial charge in [0.1, 0.15) is 16.2 Å². The normalized spacial score (nSPS) is 25.4. The molecular formula is C26H31N5O3S. The fraction of sp³-hybridized carbons (Fsp3) is 0.462. The number of pyridine rings is 1. The van der Waals surface area contributed by atoms with Crippen LogP contribution in [0.4, 0.5) is 11.4 Å². The molecule has 4 aromatic rings. The van der Waals surface area contributed by atoms with Crippen molar-refractivity contribution in [1.29, 1.82) is 0 Å². The molecule has 0 bridgehead atoms. The van der Waals surface area contributed by atoms with Crippen LogP contribution in [0, 0.1) is 0 Å². The molecule has 1 aromatic carbocycles. The zero-order valence-corrected chi connectivity index (χ0v) is 20.8. The van der Waals surface area contributed by atoms with Crippen LogP contribution in [0.25, 0.3) is 32.6 Å². The van der Waals surface area contributed by atoms with Gasteiger partial charge in [-0.2, -0.15) is 0 Å². The predicted molar refractivity (Wildman–Crippen MR) is 142 cm³/mol. The lowest BCUT2D eigenvalue weighted by atomic mass is 9.92. The summed E-state index contributed by atoms with van der Waals surface area (Å²) in [7, 11) is 0. The summed E-state index contributed by atoms with van der Waals surface area (Å²) in [6.45, 7) is 5.87. The molecule has 1 saturated heterocycles. The van der Waals surface area contributed by atoms with Crippen LogP contribution in [0.5, 0.6) is 0 Å². The number of imidazole rings is 1. The Morgan fingerprint density at radius 3 is 2.74 bits per heavy atom. The highest BCUT2D eigenvalue weighted by atomic mass is 32.1. The molecule has 0 amide bonds. The average molecular weight is 494 g/mol. The van der Waals surface area contributed by atoms with Crippen LogP contribution in [-0.4, -0.2) is 57.5 Å². The van der Waals surface area contributed by atoms with Gasteiger partial charge in [-0.05, 0) is 56.3 Å². The first-order valence-electron chi connectivity index (χ1n) is 12.4. The Morgan fingerprint density at radius 2 is 1.94 bits per heavy atom. The van der Waals surface area contributed by atoms with Crippen molar-refractivity contribution >= 4 is 44.0 Å². The average Bonchev–Trinajstić information content (AvgIpc) is 3.46. The lowest BCUT2D eigenvalue weighted by Gasteiger charge is -2.36. The summed E-state index contributed by atoms with van der Waals surface area (Å²) in [4.78, 5) is 27.7. The number of H-pyrrole nitrogens is 2. The third kappa shape index (κ3) is 4.22. The van der Waals surface area contributed by atoms with Crippen molar-refractivity contribution in [2.75, 3.05) is 23.3 Å². The van der Waals surface area contributed by atoms with Crippen molar-refractivity contribution < 1.29 is 9.84 Å². The molecule has 0 radical (unpaired) electrons. The maximum absolute atomic E-state index is 13.3. The molecule has 9 heteroatoms. The molecule has 8 nitrogen and oxygen atoms in total. The van der Waals surface area contributed by atoms with Gasteiger partial charge in [0.25, 0.3) is 5.56 Å². The molecule has 4 unspecified atom stereocenters. The van der Waals surface area contributed by atoms with Gasteiger partial charge in [-0.15, -0.1) is 11.3 Å². The number of ether oxygens (including phenoxy) is 1. The number of benzene rings is 1.